The van der Waals surface area contributed by atoms with Crippen molar-refractivity contribution in [3.8, 4) is 5.75 Å². The summed E-state index contributed by atoms with van der Waals surface area (Å²) >= 11 is 0. The fourth-order valence-electron chi connectivity index (χ4n) is 4.02. The Balaban J connectivity index is 1.58. The van der Waals surface area contributed by atoms with Crippen molar-refractivity contribution in [3.63, 3.8) is 0 Å². The predicted octanol–water partition coefficient (Wildman–Crippen LogP) is 2.02. The van der Waals surface area contributed by atoms with Crippen LogP contribution in [0.15, 0.2) is 34.7 Å². The Labute approximate surface area is 174 Å². The zero-order chi connectivity index (χ0) is 21.6. The third-order valence-corrected chi connectivity index (χ3v) is 5.92. The van der Waals surface area contributed by atoms with E-state index in [0.29, 0.717) is 24.5 Å². The van der Waals surface area contributed by atoms with Crippen molar-refractivity contribution >= 4 is 17.3 Å². The second-order valence-corrected chi connectivity index (χ2v) is 8.44. The summed E-state index contributed by atoms with van der Waals surface area (Å²) < 4.78 is 11.2. The molecule has 1 aliphatic heterocycles. The van der Waals surface area contributed by atoms with Crippen LogP contribution in [0.25, 0.3) is 0 Å². The van der Waals surface area contributed by atoms with Gasteiger partial charge in [0.1, 0.15) is 29.4 Å². The summed E-state index contributed by atoms with van der Waals surface area (Å²) in [5.41, 5.74) is 0.350. The van der Waals surface area contributed by atoms with Gasteiger partial charge in [-0.15, -0.1) is 0 Å². The summed E-state index contributed by atoms with van der Waals surface area (Å²) in [7, 11) is 0. The summed E-state index contributed by atoms with van der Waals surface area (Å²) in [6, 6.07) is 6.65. The Hall–Kier alpha value is -2.68. The fourth-order valence-corrected chi connectivity index (χ4v) is 4.02. The molecule has 1 aliphatic carbocycles. The van der Waals surface area contributed by atoms with Crippen molar-refractivity contribution in [2.24, 2.45) is 5.41 Å². The molecular formula is C22H26N2O6. The van der Waals surface area contributed by atoms with Gasteiger partial charge < -0.3 is 24.7 Å². The van der Waals surface area contributed by atoms with Gasteiger partial charge in [-0.1, -0.05) is 19.1 Å². The molecule has 1 saturated carbocycles. The molecule has 2 heterocycles. The molecule has 1 aromatic carbocycles. The maximum atomic E-state index is 12.4. The Morgan fingerprint density at radius 2 is 1.83 bits per heavy atom. The van der Waals surface area contributed by atoms with Crippen LogP contribution in [0, 0.1) is 12.3 Å². The minimum atomic E-state index is -0.871. The van der Waals surface area contributed by atoms with Crippen molar-refractivity contribution in [3.05, 3.63) is 47.4 Å². The number of nitrogens with one attached hydrogen (secondary N) is 2. The molecule has 160 valence electrons. The molecule has 4 atom stereocenters. The SMILES string of the molecule is Cc1ccc(C(NC2C(=O)C(=O)C2Nc2cccc(C(C)O)c2O)C2(C)COC2)o1. The number of Topliss-reactive ketones (excluding diaryl/α,β-unsaturated/α-hetero) is 2. The Kier molecular flexibility index (Phi) is 5.17. The molecule has 8 nitrogen and oxygen atoms in total. The maximum Gasteiger partial charge on any atom is 0.224 e. The van der Waals surface area contributed by atoms with Gasteiger partial charge in [0.2, 0.25) is 11.6 Å². The average Bonchev–Trinajstić information content (AvgIpc) is 3.12. The number of aromatic hydroxyl groups is 1. The summed E-state index contributed by atoms with van der Waals surface area (Å²) in [5, 5.41) is 26.5. The number of benzene rings is 1. The van der Waals surface area contributed by atoms with Crippen LogP contribution in [0.1, 0.15) is 43.1 Å². The van der Waals surface area contributed by atoms with Crippen LogP contribution in [0.5, 0.6) is 5.75 Å². The van der Waals surface area contributed by atoms with Gasteiger partial charge in [0.25, 0.3) is 0 Å². The number of aryl methyl sites for hydroxylation is 1. The van der Waals surface area contributed by atoms with E-state index in [4.69, 9.17) is 9.15 Å². The molecule has 2 aliphatic rings. The van der Waals surface area contributed by atoms with E-state index in [1.54, 1.807) is 25.1 Å². The van der Waals surface area contributed by atoms with E-state index in [2.05, 4.69) is 10.6 Å². The third kappa shape index (κ3) is 3.40. The Bertz CT molecular complexity index is 978. The van der Waals surface area contributed by atoms with Gasteiger partial charge >= 0.3 is 0 Å². The zero-order valence-electron chi connectivity index (χ0n) is 17.1. The van der Waals surface area contributed by atoms with Crippen LogP contribution >= 0.6 is 0 Å². The number of furan rings is 1. The molecule has 0 amide bonds. The highest BCUT2D eigenvalue weighted by Crippen LogP contribution is 2.42. The minimum Gasteiger partial charge on any atom is -0.505 e. The highest BCUT2D eigenvalue weighted by molar-refractivity contribution is 6.49. The smallest absolute Gasteiger partial charge is 0.224 e. The first-order valence-corrected chi connectivity index (χ1v) is 9.96. The number of rotatable bonds is 7. The molecular weight excluding hydrogens is 388 g/mol. The van der Waals surface area contributed by atoms with Gasteiger partial charge in [-0.2, -0.15) is 0 Å². The van der Waals surface area contributed by atoms with Crippen molar-refractivity contribution in [1.82, 2.24) is 5.32 Å². The fraction of sp³-hybridized carbons (Fsp3) is 0.455. The van der Waals surface area contributed by atoms with Crippen LogP contribution in [0.3, 0.4) is 0 Å². The summed E-state index contributed by atoms with van der Waals surface area (Å²) in [6.07, 6.45) is -0.871. The van der Waals surface area contributed by atoms with Gasteiger partial charge in [0, 0.05) is 11.0 Å². The number of phenolic OH excluding ortho intramolecular Hbond substituents is 1. The van der Waals surface area contributed by atoms with E-state index in [0.717, 1.165) is 5.76 Å². The van der Waals surface area contributed by atoms with Crippen LogP contribution in [0.4, 0.5) is 5.69 Å². The molecule has 1 saturated heterocycles. The molecule has 8 heteroatoms. The van der Waals surface area contributed by atoms with E-state index in [1.165, 1.54) is 0 Å². The zero-order valence-corrected chi connectivity index (χ0v) is 17.1. The number of ether oxygens (including phenoxy) is 1. The summed E-state index contributed by atoms with van der Waals surface area (Å²) in [5.74, 6) is 0.222. The van der Waals surface area contributed by atoms with Crippen molar-refractivity contribution < 1.29 is 29.0 Å². The van der Waals surface area contributed by atoms with Gasteiger partial charge in [-0.25, -0.2) is 0 Å². The quantitative estimate of drug-likeness (QED) is 0.401. The second kappa shape index (κ2) is 7.54. The molecule has 4 N–H and O–H groups in total. The largest absolute Gasteiger partial charge is 0.505 e. The van der Waals surface area contributed by atoms with Gasteiger partial charge in [-0.05, 0) is 32.0 Å². The number of phenols is 1. The van der Waals surface area contributed by atoms with Gasteiger partial charge in [0.15, 0.2) is 0 Å². The lowest BCUT2D eigenvalue weighted by molar-refractivity contribution is -0.150. The van der Waals surface area contributed by atoms with E-state index < -0.39 is 29.8 Å². The van der Waals surface area contributed by atoms with Gasteiger partial charge in [-0.3, -0.25) is 14.9 Å². The molecule has 30 heavy (non-hydrogen) atoms. The predicted molar refractivity (Wildman–Crippen MR) is 108 cm³/mol. The van der Waals surface area contributed by atoms with E-state index in [1.807, 2.05) is 26.0 Å². The first-order chi connectivity index (χ1) is 14.2. The molecule has 4 rings (SSSR count). The molecule has 0 radical (unpaired) electrons. The van der Waals surface area contributed by atoms with Crippen LogP contribution in [-0.4, -0.2) is 47.1 Å². The maximum absolute atomic E-state index is 12.4. The topological polar surface area (TPSA) is 121 Å². The Morgan fingerprint density at radius 1 is 1.13 bits per heavy atom. The Morgan fingerprint density at radius 3 is 2.40 bits per heavy atom. The second-order valence-electron chi connectivity index (χ2n) is 8.44. The number of para-hydroxylation sites is 1. The summed E-state index contributed by atoms with van der Waals surface area (Å²) in [4.78, 5) is 24.7. The molecule has 0 bridgehead atoms. The first-order valence-electron chi connectivity index (χ1n) is 9.96. The lowest BCUT2D eigenvalue weighted by Crippen LogP contribution is -2.69. The van der Waals surface area contributed by atoms with E-state index >= 15 is 0 Å². The number of anilines is 1. The average molecular weight is 414 g/mol. The monoisotopic (exact) mass is 414 g/mol. The van der Waals surface area contributed by atoms with Crippen molar-refractivity contribution in [2.75, 3.05) is 18.5 Å². The standard InChI is InChI=1S/C22H26N2O6/c1-11-7-8-15(30-11)21(22(3)9-29-10-22)24-17-16(19(27)20(17)28)23-14-6-4-5-13(12(2)25)18(14)26/h4-8,12,16-17,21,23-26H,9-10H2,1-3H3. The van der Waals surface area contributed by atoms with Gasteiger partial charge in [0.05, 0.1) is 31.0 Å². The highest BCUT2D eigenvalue weighted by atomic mass is 16.5. The molecule has 0 spiro atoms. The molecule has 2 aromatic rings. The van der Waals surface area contributed by atoms with Crippen LogP contribution in [-0.2, 0) is 14.3 Å². The number of ketones is 2. The van der Waals surface area contributed by atoms with Crippen molar-refractivity contribution in [2.45, 2.75) is 45.0 Å². The lowest BCUT2D eigenvalue weighted by atomic mass is 9.76. The highest BCUT2D eigenvalue weighted by Gasteiger charge is 2.53. The minimum absolute atomic E-state index is 0.143. The van der Waals surface area contributed by atoms with Crippen LogP contribution < -0.4 is 10.6 Å². The number of aliphatic hydroxyl groups excluding tert-OH is 1. The number of aliphatic hydroxyl groups is 1. The molecule has 1 aromatic heterocycles. The first kappa shape index (κ1) is 20.6. The number of carbonyl (C=O) groups excluding carboxylic acids is 2. The van der Waals surface area contributed by atoms with Crippen LogP contribution in [0.2, 0.25) is 0 Å². The number of carbonyl (C=O) groups is 2. The van der Waals surface area contributed by atoms with E-state index in [-0.39, 0.29) is 22.9 Å². The molecule has 2 fully saturated rings. The number of hydrogen-bond donors (Lipinski definition) is 4. The summed E-state index contributed by atoms with van der Waals surface area (Å²) in [6.45, 7) is 6.44. The molecule has 4 unspecified atom stereocenters. The van der Waals surface area contributed by atoms with E-state index in [9.17, 15) is 19.8 Å². The van der Waals surface area contributed by atoms with Crippen molar-refractivity contribution in [1.29, 1.82) is 0 Å². The number of hydrogen-bond acceptors (Lipinski definition) is 8. The normalized spacial score (nSPS) is 24.7. The third-order valence-electron chi connectivity index (χ3n) is 5.92. The lowest BCUT2D eigenvalue weighted by Gasteiger charge is -2.47.